The Balaban J connectivity index is 1.63. The molecule has 0 spiro atoms. The van der Waals surface area contributed by atoms with Crippen LogP contribution < -0.4 is 4.90 Å². The Morgan fingerprint density at radius 1 is 1.17 bits per heavy atom. The smallest absolute Gasteiger partial charge is 0.280 e. The van der Waals surface area contributed by atoms with E-state index in [4.69, 9.17) is 16.6 Å². The topological polar surface area (TPSA) is 76.6 Å². The third-order valence-corrected chi connectivity index (χ3v) is 6.40. The predicted molar refractivity (Wildman–Crippen MR) is 125 cm³/mol. The van der Waals surface area contributed by atoms with Crippen molar-refractivity contribution in [3.8, 4) is 11.3 Å². The molecule has 0 atom stereocenters. The number of furan rings is 1. The number of rotatable bonds is 5. The fourth-order valence-electron chi connectivity index (χ4n) is 2.99. The number of nitrogens with zero attached hydrogens (tertiary/aromatic N) is 2. The van der Waals surface area contributed by atoms with Crippen LogP contribution in [0.3, 0.4) is 0 Å². The molecule has 1 aromatic heterocycles. The Labute approximate surface area is 186 Å². The summed E-state index contributed by atoms with van der Waals surface area (Å²) < 4.78 is 6.21. The van der Waals surface area contributed by atoms with Gasteiger partial charge >= 0.3 is 0 Å². The van der Waals surface area contributed by atoms with E-state index in [0.717, 1.165) is 4.90 Å². The number of para-hydroxylation sites is 1. The molecule has 1 aliphatic rings. The number of thioether (sulfide) groups is 2. The highest BCUT2D eigenvalue weighted by molar-refractivity contribution is 8.27. The van der Waals surface area contributed by atoms with Gasteiger partial charge in [-0.25, -0.2) is 0 Å². The van der Waals surface area contributed by atoms with Crippen molar-refractivity contribution >= 4 is 63.4 Å². The van der Waals surface area contributed by atoms with Crippen LogP contribution in [0, 0.1) is 10.1 Å². The van der Waals surface area contributed by atoms with Crippen LogP contribution in [0.1, 0.15) is 5.76 Å². The number of hydrogen-bond donors (Lipinski definition) is 0. The average Bonchev–Trinajstić information content (AvgIpc) is 3.32. The van der Waals surface area contributed by atoms with Gasteiger partial charge in [0, 0.05) is 17.0 Å². The van der Waals surface area contributed by atoms with Gasteiger partial charge in [-0.05, 0) is 42.7 Å². The Morgan fingerprint density at radius 3 is 2.73 bits per heavy atom. The van der Waals surface area contributed by atoms with E-state index in [1.165, 1.54) is 22.7 Å². The van der Waals surface area contributed by atoms with Crippen molar-refractivity contribution in [2.45, 2.75) is 4.90 Å². The summed E-state index contributed by atoms with van der Waals surface area (Å²) in [6.07, 6.45) is 3.57. The van der Waals surface area contributed by atoms with E-state index in [-0.39, 0.29) is 11.6 Å². The summed E-state index contributed by atoms with van der Waals surface area (Å²) in [5.41, 5.74) is 1.05. The zero-order chi connectivity index (χ0) is 21.3. The molecule has 1 fully saturated rings. The summed E-state index contributed by atoms with van der Waals surface area (Å²) in [5, 5.41) is 11.3. The average molecular weight is 455 g/mol. The Hall–Kier alpha value is -2.88. The predicted octanol–water partition coefficient (Wildman–Crippen LogP) is 5.98. The van der Waals surface area contributed by atoms with Crippen molar-refractivity contribution in [1.82, 2.24) is 0 Å². The lowest BCUT2D eigenvalue weighted by molar-refractivity contribution is -0.384. The van der Waals surface area contributed by atoms with Gasteiger partial charge in [0.05, 0.1) is 21.1 Å². The molecule has 6 nitrogen and oxygen atoms in total. The molecule has 1 amide bonds. The van der Waals surface area contributed by atoms with Crippen molar-refractivity contribution in [2.24, 2.45) is 0 Å². The molecule has 3 aromatic rings. The number of carbonyl (C=O) groups is 1. The summed E-state index contributed by atoms with van der Waals surface area (Å²) in [7, 11) is 0. The van der Waals surface area contributed by atoms with Crippen LogP contribution in [0.4, 0.5) is 11.4 Å². The van der Waals surface area contributed by atoms with E-state index in [1.807, 2.05) is 30.5 Å². The maximum absolute atomic E-state index is 13.0. The van der Waals surface area contributed by atoms with Crippen molar-refractivity contribution in [1.29, 1.82) is 0 Å². The van der Waals surface area contributed by atoms with Crippen LogP contribution >= 0.6 is 35.7 Å². The third-order valence-electron chi connectivity index (χ3n) is 4.37. The molecule has 0 unspecified atom stereocenters. The summed E-state index contributed by atoms with van der Waals surface area (Å²) in [6.45, 7) is 0. The maximum atomic E-state index is 13.0. The quantitative estimate of drug-likeness (QED) is 0.154. The lowest BCUT2D eigenvalue weighted by Gasteiger charge is -2.15. The van der Waals surface area contributed by atoms with E-state index in [1.54, 1.807) is 48.2 Å². The van der Waals surface area contributed by atoms with Gasteiger partial charge in [-0.15, -0.1) is 11.8 Å². The molecule has 1 saturated heterocycles. The van der Waals surface area contributed by atoms with Gasteiger partial charge in [-0.2, -0.15) is 0 Å². The van der Waals surface area contributed by atoms with E-state index < -0.39 is 4.92 Å². The fraction of sp³-hybridized carbons (Fsp3) is 0.0476. The van der Waals surface area contributed by atoms with Gasteiger partial charge < -0.3 is 4.42 Å². The molecule has 150 valence electrons. The Morgan fingerprint density at radius 2 is 1.97 bits per heavy atom. The second kappa shape index (κ2) is 8.47. The summed E-state index contributed by atoms with van der Waals surface area (Å²) in [6, 6.07) is 17.3. The number of nitro benzene ring substituents is 1. The van der Waals surface area contributed by atoms with Gasteiger partial charge in [-0.3, -0.25) is 19.8 Å². The number of hydrogen-bond acceptors (Lipinski definition) is 7. The van der Waals surface area contributed by atoms with Gasteiger partial charge in [0.15, 0.2) is 4.32 Å². The molecule has 1 aliphatic heterocycles. The highest BCUT2D eigenvalue weighted by Gasteiger charge is 2.33. The molecule has 0 aliphatic carbocycles. The summed E-state index contributed by atoms with van der Waals surface area (Å²) in [4.78, 5) is 26.7. The lowest BCUT2D eigenvalue weighted by Crippen LogP contribution is -2.27. The number of thiocarbonyl (C=S) groups is 1. The van der Waals surface area contributed by atoms with Gasteiger partial charge in [0.25, 0.3) is 11.6 Å². The zero-order valence-corrected chi connectivity index (χ0v) is 18.1. The molecule has 0 bridgehead atoms. The molecule has 0 radical (unpaired) electrons. The molecule has 2 heterocycles. The second-order valence-electron chi connectivity index (χ2n) is 6.19. The standard InChI is InChI=1S/C21H14N2O4S3/c1-29-15-6-4-5-13(11-15)22-20(24)19(30-21(22)28)12-14-9-10-18(27-14)16-7-2-3-8-17(16)23(25)26/h2-12H,1H3/b19-12+. The van der Waals surface area contributed by atoms with Crippen LogP contribution in [0.5, 0.6) is 0 Å². The van der Waals surface area contributed by atoms with Crippen molar-refractivity contribution in [3.63, 3.8) is 0 Å². The van der Waals surface area contributed by atoms with Crippen molar-refractivity contribution < 1.29 is 14.1 Å². The first-order valence-electron chi connectivity index (χ1n) is 8.73. The third kappa shape index (κ3) is 3.91. The first kappa shape index (κ1) is 20.4. The number of nitro groups is 1. The van der Waals surface area contributed by atoms with Crippen LogP contribution in [0.15, 0.2) is 74.9 Å². The van der Waals surface area contributed by atoms with Gasteiger partial charge in [-0.1, -0.05) is 42.2 Å². The van der Waals surface area contributed by atoms with Crippen LogP contribution in [-0.2, 0) is 4.79 Å². The highest BCUT2D eigenvalue weighted by atomic mass is 32.2. The minimum atomic E-state index is -0.453. The Kier molecular flexibility index (Phi) is 5.76. The number of carbonyl (C=O) groups excluding carboxylic acids is 1. The molecule has 30 heavy (non-hydrogen) atoms. The minimum Gasteiger partial charge on any atom is -0.456 e. The van der Waals surface area contributed by atoms with Crippen LogP contribution in [0.25, 0.3) is 17.4 Å². The highest BCUT2D eigenvalue weighted by Crippen LogP contribution is 2.38. The molecular weight excluding hydrogens is 440 g/mol. The fourth-order valence-corrected chi connectivity index (χ4v) is 4.72. The Bertz CT molecular complexity index is 1200. The first-order valence-corrected chi connectivity index (χ1v) is 11.2. The first-order chi connectivity index (χ1) is 14.5. The van der Waals surface area contributed by atoms with Gasteiger partial charge in [0.1, 0.15) is 11.5 Å². The SMILES string of the molecule is CSc1cccc(N2C(=O)/C(=C\c3ccc(-c4ccccc4[N+](=O)[O-])o3)SC2=S)c1. The van der Waals surface area contributed by atoms with Crippen LogP contribution in [0.2, 0.25) is 0 Å². The van der Waals surface area contributed by atoms with Crippen LogP contribution in [-0.4, -0.2) is 21.4 Å². The van der Waals surface area contributed by atoms with E-state index in [0.29, 0.717) is 32.0 Å². The summed E-state index contributed by atoms with van der Waals surface area (Å²) in [5.74, 6) is 0.546. The van der Waals surface area contributed by atoms with E-state index >= 15 is 0 Å². The second-order valence-corrected chi connectivity index (χ2v) is 8.75. The monoisotopic (exact) mass is 454 g/mol. The number of amides is 1. The molecule has 2 aromatic carbocycles. The molecule has 4 rings (SSSR count). The normalized spacial score (nSPS) is 15.2. The van der Waals surface area contributed by atoms with Crippen molar-refractivity contribution in [3.05, 3.63) is 81.4 Å². The molecule has 0 N–H and O–H groups in total. The van der Waals surface area contributed by atoms with Crippen molar-refractivity contribution in [2.75, 3.05) is 11.2 Å². The molecular formula is C21H14N2O4S3. The lowest BCUT2D eigenvalue weighted by atomic mass is 10.1. The maximum Gasteiger partial charge on any atom is 0.280 e. The minimum absolute atomic E-state index is 0.0431. The zero-order valence-electron chi connectivity index (χ0n) is 15.6. The number of benzene rings is 2. The number of anilines is 1. The van der Waals surface area contributed by atoms with Gasteiger partial charge in [0.2, 0.25) is 0 Å². The largest absolute Gasteiger partial charge is 0.456 e. The molecule has 0 saturated carbocycles. The molecule has 9 heteroatoms. The summed E-state index contributed by atoms with van der Waals surface area (Å²) >= 11 is 8.19. The van der Waals surface area contributed by atoms with E-state index in [9.17, 15) is 14.9 Å². The van der Waals surface area contributed by atoms with E-state index in [2.05, 4.69) is 0 Å².